The molecule has 0 fully saturated rings. The van der Waals surface area contributed by atoms with Crippen LogP contribution in [-0.2, 0) is 4.79 Å². The minimum Gasteiger partial charge on any atom is -0.360 e. The molecule has 122 valence electrons. The molecule has 0 aliphatic carbocycles. The van der Waals surface area contributed by atoms with Gasteiger partial charge < -0.3 is 10.6 Å². The smallest absolute Gasteiger partial charge is 0.267 e. The molecule has 0 aliphatic rings. The van der Waals surface area contributed by atoms with Crippen molar-refractivity contribution in [2.75, 3.05) is 10.6 Å². The van der Waals surface area contributed by atoms with Crippen molar-refractivity contribution in [3.63, 3.8) is 0 Å². The molecule has 2 aromatic rings. The van der Waals surface area contributed by atoms with Crippen molar-refractivity contribution in [3.05, 3.63) is 70.3 Å². The van der Waals surface area contributed by atoms with Gasteiger partial charge in [-0.3, -0.25) is 4.79 Å². The standard InChI is InChI=1S/C19H18BrN3O/c1-13(2)14-3-7-17(8-4-14)22-12-15(11-21)19(24)23-18-9-5-16(20)6-10-18/h3-10,12-13,22H,1-2H3,(H,23,24)/b15-12-. The molecular weight excluding hydrogens is 366 g/mol. The molecule has 4 nitrogen and oxygen atoms in total. The molecule has 0 saturated heterocycles. The maximum absolute atomic E-state index is 12.1. The lowest BCUT2D eigenvalue weighted by atomic mass is 10.0. The number of nitrogens with zero attached hydrogens (tertiary/aromatic N) is 1. The van der Waals surface area contributed by atoms with Crippen molar-refractivity contribution < 1.29 is 4.79 Å². The van der Waals surface area contributed by atoms with Crippen LogP contribution in [0.3, 0.4) is 0 Å². The Morgan fingerprint density at radius 3 is 2.21 bits per heavy atom. The summed E-state index contributed by atoms with van der Waals surface area (Å²) >= 11 is 3.33. The van der Waals surface area contributed by atoms with Crippen LogP contribution in [0.5, 0.6) is 0 Å². The van der Waals surface area contributed by atoms with Crippen LogP contribution in [0.2, 0.25) is 0 Å². The van der Waals surface area contributed by atoms with Gasteiger partial charge in [-0.05, 0) is 47.9 Å². The molecule has 0 bridgehead atoms. The first-order valence-corrected chi connectivity index (χ1v) is 8.32. The summed E-state index contributed by atoms with van der Waals surface area (Å²) in [7, 11) is 0. The fourth-order valence-electron chi connectivity index (χ4n) is 2.00. The van der Waals surface area contributed by atoms with Gasteiger partial charge in [0.1, 0.15) is 11.6 Å². The molecule has 0 saturated carbocycles. The number of hydrogen-bond acceptors (Lipinski definition) is 3. The van der Waals surface area contributed by atoms with Crippen LogP contribution in [0.15, 0.2) is 64.8 Å². The van der Waals surface area contributed by atoms with Gasteiger partial charge in [0.15, 0.2) is 0 Å². The molecular formula is C19H18BrN3O. The van der Waals surface area contributed by atoms with Crippen molar-refractivity contribution >= 4 is 33.2 Å². The molecule has 0 aromatic heterocycles. The summed E-state index contributed by atoms with van der Waals surface area (Å²) in [5.74, 6) is 0.00655. The molecule has 1 amide bonds. The number of amides is 1. The number of anilines is 2. The summed E-state index contributed by atoms with van der Waals surface area (Å²) in [5, 5.41) is 14.9. The molecule has 2 aromatic carbocycles. The van der Waals surface area contributed by atoms with Gasteiger partial charge in [0.05, 0.1) is 0 Å². The second-order valence-electron chi connectivity index (χ2n) is 5.55. The SMILES string of the molecule is CC(C)c1ccc(N/C=C(/C#N)C(=O)Nc2ccc(Br)cc2)cc1. The van der Waals surface area contributed by atoms with Gasteiger partial charge in [-0.15, -0.1) is 0 Å². The molecule has 24 heavy (non-hydrogen) atoms. The third kappa shape index (κ3) is 4.97. The van der Waals surface area contributed by atoms with Gasteiger partial charge in [0.2, 0.25) is 0 Å². The minimum atomic E-state index is -0.453. The number of hydrogen-bond donors (Lipinski definition) is 2. The summed E-state index contributed by atoms with van der Waals surface area (Å²) in [5.41, 5.74) is 2.69. The second-order valence-corrected chi connectivity index (χ2v) is 6.47. The number of benzene rings is 2. The van der Waals surface area contributed by atoms with Gasteiger partial charge in [0, 0.05) is 22.0 Å². The van der Waals surface area contributed by atoms with Crippen LogP contribution in [0.1, 0.15) is 25.3 Å². The Morgan fingerprint density at radius 2 is 1.67 bits per heavy atom. The Bertz CT molecular complexity index is 772. The topological polar surface area (TPSA) is 64.9 Å². The molecule has 0 radical (unpaired) electrons. The fraction of sp³-hybridized carbons (Fsp3) is 0.158. The zero-order valence-corrected chi connectivity index (χ0v) is 15.1. The highest BCUT2D eigenvalue weighted by atomic mass is 79.9. The molecule has 2 rings (SSSR count). The zero-order valence-electron chi connectivity index (χ0n) is 13.5. The molecule has 0 heterocycles. The average Bonchev–Trinajstić information content (AvgIpc) is 2.58. The third-order valence-corrected chi connectivity index (χ3v) is 3.96. The third-order valence-electron chi connectivity index (χ3n) is 3.43. The Labute approximate surface area is 150 Å². The predicted molar refractivity (Wildman–Crippen MR) is 101 cm³/mol. The molecule has 0 spiro atoms. The lowest BCUT2D eigenvalue weighted by Gasteiger charge is -2.07. The summed E-state index contributed by atoms with van der Waals surface area (Å²) in [6.07, 6.45) is 1.42. The van der Waals surface area contributed by atoms with E-state index in [1.165, 1.54) is 11.8 Å². The van der Waals surface area contributed by atoms with E-state index in [1.54, 1.807) is 12.1 Å². The number of carbonyl (C=O) groups is 1. The largest absolute Gasteiger partial charge is 0.360 e. The second kappa shape index (κ2) is 8.32. The van der Waals surface area contributed by atoms with Gasteiger partial charge in [-0.25, -0.2) is 0 Å². The lowest BCUT2D eigenvalue weighted by molar-refractivity contribution is -0.112. The van der Waals surface area contributed by atoms with Crippen LogP contribution in [0, 0.1) is 11.3 Å². The average molecular weight is 384 g/mol. The van der Waals surface area contributed by atoms with Crippen LogP contribution in [0.25, 0.3) is 0 Å². The highest BCUT2D eigenvalue weighted by Crippen LogP contribution is 2.18. The number of halogens is 1. The van der Waals surface area contributed by atoms with Gasteiger partial charge in [-0.2, -0.15) is 5.26 Å². The summed E-state index contributed by atoms with van der Waals surface area (Å²) in [6, 6.07) is 17.0. The summed E-state index contributed by atoms with van der Waals surface area (Å²) in [6.45, 7) is 4.26. The van der Waals surface area contributed by atoms with Crippen molar-refractivity contribution in [2.24, 2.45) is 0 Å². The molecule has 5 heteroatoms. The van der Waals surface area contributed by atoms with E-state index in [9.17, 15) is 10.1 Å². The van der Waals surface area contributed by atoms with Crippen LogP contribution < -0.4 is 10.6 Å². The van der Waals surface area contributed by atoms with E-state index in [1.807, 2.05) is 42.5 Å². The van der Waals surface area contributed by atoms with Crippen molar-refractivity contribution in [1.29, 1.82) is 5.26 Å². The van der Waals surface area contributed by atoms with E-state index in [2.05, 4.69) is 40.4 Å². The van der Waals surface area contributed by atoms with Crippen LogP contribution in [0.4, 0.5) is 11.4 Å². The first-order valence-electron chi connectivity index (χ1n) is 7.53. The number of carbonyl (C=O) groups excluding carboxylic acids is 1. The minimum absolute atomic E-state index is 0.00542. The highest BCUT2D eigenvalue weighted by molar-refractivity contribution is 9.10. The maximum Gasteiger partial charge on any atom is 0.267 e. The first kappa shape index (κ1) is 17.8. The van der Waals surface area contributed by atoms with Crippen molar-refractivity contribution in [1.82, 2.24) is 0 Å². The molecule has 2 N–H and O–H groups in total. The van der Waals surface area contributed by atoms with E-state index < -0.39 is 5.91 Å². The van der Waals surface area contributed by atoms with Crippen LogP contribution >= 0.6 is 15.9 Å². The highest BCUT2D eigenvalue weighted by Gasteiger charge is 2.09. The number of rotatable bonds is 5. The van der Waals surface area contributed by atoms with Gasteiger partial charge in [0.25, 0.3) is 5.91 Å². The number of nitrogens with one attached hydrogen (secondary N) is 2. The quantitative estimate of drug-likeness (QED) is 0.561. The Hall–Kier alpha value is -2.58. The van der Waals surface area contributed by atoms with Gasteiger partial charge >= 0.3 is 0 Å². The molecule has 0 aliphatic heterocycles. The molecule has 0 unspecified atom stereocenters. The lowest BCUT2D eigenvalue weighted by Crippen LogP contribution is -2.14. The fourth-order valence-corrected chi connectivity index (χ4v) is 2.26. The maximum atomic E-state index is 12.1. The van der Waals surface area contributed by atoms with E-state index >= 15 is 0 Å². The van der Waals surface area contributed by atoms with Crippen LogP contribution in [-0.4, -0.2) is 5.91 Å². The summed E-state index contributed by atoms with van der Waals surface area (Å²) < 4.78 is 0.919. The Balaban J connectivity index is 2.04. The monoisotopic (exact) mass is 383 g/mol. The van der Waals surface area contributed by atoms with E-state index in [4.69, 9.17) is 0 Å². The van der Waals surface area contributed by atoms with Crippen molar-refractivity contribution in [3.8, 4) is 6.07 Å². The Kier molecular flexibility index (Phi) is 6.16. The van der Waals surface area contributed by atoms with E-state index in [0.29, 0.717) is 11.6 Å². The zero-order chi connectivity index (χ0) is 17.5. The number of nitriles is 1. The van der Waals surface area contributed by atoms with E-state index in [0.717, 1.165) is 10.2 Å². The summed E-state index contributed by atoms with van der Waals surface area (Å²) in [4.78, 5) is 12.1. The normalized spacial score (nSPS) is 11.0. The predicted octanol–water partition coefficient (Wildman–Crippen LogP) is 5.03. The first-order chi connectivity index (χ1) is 11.5. The molecule has 0 atom stereocenters. The Morgan fingerprint density at radius 1 is 1.08 bits per heavy atom. The van der Waals surface area contributed by atoms with Gasteiger partial charge in [-0.1, -0.05) is 41.9 Å². The van der Waals surface area contributed by atoms with E-state index in [-0.39, 0.29) is 5.57 Å². The van der Waals surface area contributed by atoms with Crippen molar-refractivity contribution in [2.45, 2.75) is 19.8 Å².